The van der Waals surface area contributed by atoms with E-state index in [9.17, 15) is 0 Å². The second kappa shape index (κ2) is 15.1. The molecule has 1 heterocycles. The molecule has 1 aliphatic carbocycles. The lowest BCUT2D eigenvalue weighted by Gasteiger charge is -2.39. The Hall–Kier alpha value is -8.20. The summed E-state index contributed by atoms with van der Waals surface area (Å²) >= 11 is 0. The van der Waals surface area contributed by atoms with Gasteiger partial charge in [-0.25, -0.2) is 0 Å². The minimum atomic E-state index is -0.561. The largest absolute Gasteiger partial charge is 0.457 e. The van der Waals surface area contributed by atoms with Crippen molar-refractivity contribution < 1.29 is 4.74 Å². The first kappa shape index (κ1) is 36.6. The summed E-state index contributed by atoms with van der Waals surface area (Å²) in [4.78, 5) is 2.42. The number of hydrogen-bond donors (Lipinski definition) is 0. The summed E-state index contributed by atoms with van der Waals surface area (Å²) in [5.74, 6) is 1.77. The summed E-state index contributed by atoms with van der Waals surface area (Å²) in [5, 5.41) is 0. The van der Waals surface area contributed by atoms with Crippen molar-refractivity contribution in [1.29, 1.82) is 0 Å². The van der Waals surface area contributed by atoms with Gasteiger partial charge in [-0.2, -0.15) is 0 Å². The van der Waals surface area contributed by atoms with Gasteiger partial charge in [0.25, 0.3) is 0 Å². The van der Waals surface area contributed by atoms with Gasteiger partial charge >= 0.3 is 0 Å². The van der Waals surface area contributed by atoms with Crippen molar-refractivity contribution in [2.45, 2.75) is 5.41 Å². The van der Waals surface area contributed by atoms with Crippen LogP contribution in [0.3, 0.4) is 0 Å². The molecule has 0 unspecified atom stereocenters. The van der Waals surface area contributed by atoms with Crippen LogP contribution in [0.5, 0.6) is 11.5 Å². The fraction of sp³-hybridized carbons (Fsp3) is 0.0164. The van der Waals surface area contributed by atoms with E-state index in [1.165, 1.54) is 44.5 Å². The van der Waals surface area contributed by atoms with Gasteiger partial charge in [-0.05, 0) is 116 Å². The summed E-state index contributed by atoms with van der Waals surface area (Å²) in [6.45, 7) is 0. The van der Waals surface area contributed by atoms with Crippen LogP contribution in [0.25, 0.3) is 55.6 Å². The average Bonchev–Trinajstić information content (AvgIpc) is 3.65. The minimum absolute atomic E-state index is 0.561. The normalized spacial score (nSPS) is 12.7. The zero-order valence-corrected chi connectivity index (χ0v) is 34.5. The Kier molecular flexibility index (Phi) is 8.76. The molecule has 0 saturated carbocycles. The van der Waals surface area contributed by atoms with Gasteiger partial charge in [0.15, 0.2) is 0 Å². The highest BCUT2D eigenvalue weighted by Crippen LogP contribution is 2.62. The van der Waals surface area contributed by atoms with Crippen molar-refractivity contribution in [2.75, 3.05) is 4.90 Å². The van der Waals surface area contributed by atoms with Gasteiger partial charge in [-0.3, -0.25) is 0 Å². The molecule has 0 bridgehead atoms. The predicted molar refractivity (Wildman–Crippen MR) is 260 cm³/mol. The predicted octanol–water partition coefficient (Wildman–Crippen LogP) is 16.3. The Balaban J connectivity index is 1.06. The number of nitrogens with zero attached hydrogens (tertiary/aromatic N) is 1. The van der Waals surface area contributed by atoms with E-state index in [-0.39, 0.29) is 0 Å². The highest BCUT2D eigenvalue weighted by atomic mass is 16.5. The molecule has 0 radical (unpaired) electrons. The highest BCUT2D eigenvalue weighted by Gasteiger charge is 2.51. The van der Waals surface area contributed by atoms with Crippen LogP contribution < -0.4 is 9.64 Å². The van der Waals surface area contributed by atoms with Crippen LogP contribution in [-0.4, -0.2) is 0 Å². The molecule has 2 aliphatic rings. The van der Waals surface area contributed by atoms with Crippen LogP contribution in [0, 0.1) is 0 Å². The maximum atomic E-state index is 6.84. The second-order valence-electron chi connectivity index (χ2n) is 16.4. The fourth-order valence-electron chi connectivity index (χ4n) is 10.2. The number of ether oxygens (including phenoxy) is 1. The van der Waals surface area contributed by atoms with E-state index in [1.54, 1.807) is 0 Å². The van der Waals surface area contributed by atoms with Crippen molar-refractivity contribution in [3.63, 3.8) is 0 Å². The van der Waals surface area contributed by atoms with E-state index in [0.717, 1.165) is 61.9 Å². The third-order valence-corrected chi connectivity index (χ3v) is 12.9. The first-order valence-electron chi connectivity index (χ1n) is 21.7. The number of fused-ring (bicyclic) bond motifs is 9. The van der Waals surface area contributed by atoms with Crippen LogP contribution in [0.4, 0.5) is 17.1 Å². The topological polar surface area (TPSA) is 12.5 Å². The maximum absolute atomic E-state index is 6.84. The highest BCUT2D eigenvalue weighted by molar-refractivity contribution is 5.93. The van der Waals surface area contributed by atoms with Gasteiger partial charge in [0.2, 0.25) is 0 Å². The summed E-state index contributed by atoms with van der Waals surface area (Å²) in [5.41, 5.74) is 19.3. The van der Waals surface area contributed by atoms with Gasteiger partial charge < -0.3 is 9.64 Å². The van der Waals surface area contributed by atoms with Gasteiger partial charge in [0, 0.05) is 28.1 Å². The summed E-state index contributed by atoms with van der Waals surface area (Å²) < 4.78 is 6.84. The SMILES string of the molecule is c1ccc(-c2cccc(-c3cccc(N(c4cccc(-c5ccccc5)c4)c4ccccc4-c4ccc5c(c4)C4(c6ccccc6O5)c5ccccc5-c5ccccc54)c3)c2)cc1. The quantitative estimate of drug-likeness (QED) is 0.159. The summed E-state index contributed by atoms with van der Waals surface area (Å²) in [6, 6.07) is 90.0. The Morgan fingerprint density at radius 3 is 1.35 bits per heavy atom. The van der Waals surface area contributed by atoms with Gasteiger partial charge in [-0.15, -0.1) is 0 Å². The van der Waals surface area contributed by atoms with Crippen molar-refractivity contribution >= 4 is 17.1 Å². The molecule has 0 N–H and O–H groups in total. The number of anilines is 3. The lowest BCUT2D eigenvalue weighted by Crippen LogP contribution is -2.32. The molecular weight excluding hydrogens is 763 g/mol. The fourth-order valence-corrected chi connectivity index (χ4v) is 10.2. The molecule has 0 saturated heterocycles. The molecule has 10 aromatic carbocycles. The van der Waals surface area contributed by atoms with Crippen LogP contribution >= 0.6 is 0 Å². The smallest absolute Gasteiger partial charge is 0.132 e. The molecular formula is C61H41NO. The number of benzene rings is 10. The Morgan fingerprint density at radius 1 is 0.270 bits per heavy atom. The zero-order chi connectivity index (χ0) is 41.7. The number of rotatable bonds is 7. The summed E-state index contributed by atoms with van der Waals surface area (Å²) in [6.07, 6.45) is 0. The van der Waals surface area contributed by atoms with Crippen LogP contribution in [-0.2, 0) is 5.41 Å². The van der Waals surface area contributed by atoms with Crippen molar-refractivity contribution in [1.82, 2.24) is 0 Å². The molecule has 12 rings (SSSR count). The molecule has 1 aliphatic heterocycles. The molecule has 10 aromatic rings. The Labute approximate surface area is 368 Å². The van der Waals surface area contributed by atoms with E-state index < -0.39 is 5.41 Å². The molecule has 0 amide bonds. The first-order valence-corrected chi connectivity index (χ1v) is 21.7. The van der Waals surface area contributed by atoms with Gasteiger partial charge in [-0.1, -0.05) is 194 Å². The van der Waals surface area contributed by atoms with Crippen LogP contribution in [0.2, 0.25) is 0 Å². The summed E-state index contributed by atoms with van der Waals surface area (Å²) in [7, 11) is 0. The molecule has 1 spiro atoms. The second-order valence-corrected chi connectivity index (χ2v) is 16.4. The van der Waals surface area contributed by atoms with Crippen molar-refractivity contribution in [2.24, 2.45) is 0 Å². The lowest BCUT2D eigenvalue weighted by molar-refractivity contribution is 0.436. The van der Waals surface area contributed by atoms with E-state index in [2.05, 4.69) is 254 Å². The molecule has 0 aromatic heterocycles. The third-order valence-electron chi connectivity index (χ3n) is 12.9. The first-order chi connectivity index (χ1) is 31.2. The molecule has 2 heteroatoms. The molecule has 0 fully saturated rings. The number of para-hydroxylation sites is 2. The minimum Gasteiger partial charge on any atom is -0.457 e. The molecule has 296 valence electrons. The zero-order valence-electron chi connectivity index (χ0n) is 34.5. The van der Waals surface area contributed by atoms with Crippen molar-refractivity contribution in [3.05, 3.63) is 271 Å². The van der Waals surface area contributed by atoms with Gasteiger partial charge in [0.05, 0.1) is 11.1 Å². The average molecular weight is 804 g/mol. The van der Waals surface area contributed by atoms with Crippen LogP contribution in [0.15, 0.2) is 249 Å². The van der Waals surface area contributed by atoms with E-state index in [0.29, 0.717) is 0 Å². The Bertz CT molecular complexity index is 3290. The third kappa shape index (κ3) is 6.02. The lowest BCUT2D eigenvalue weighted by atomic mass is 9.66. The van der Waals surface area contributed by atoms with E-state index in [1.807, 2.05) is 0 Å². The van der Waals surface area contributed by atoms with Crippen molar-refractivity contribution in [3.8, 4) is 67.1 Å². The molecule has 0 atom stereocenters. The van der Waals surface area contributed by atoms with E-state index >= 15 is 0 Å². The van der Waals surface area contributed by atoms with Gasteiger partial charge in [0.1, 0.15) is 11.5 Å². The standard InChI is InChI=1S/C61H41NO/c1-3-18-42(19-4-1)44-22-15-23-45(38-44)47-25-17-27-50(40-47)62(49-26-16-24-46(39-49)43-20-5-2-6-21-43)58-34-13-9-28-51(58)48-36-37-60-57(41-48)61(56-33-12-14-35-59(56)63-60)54-31-10-7-29-52(54)53-30-8-11-32-55(53)61/h1-41H. The maximum Gasteiger partial charge on any atom is 0.132 e. The number of hydrogen-bond acceptors (Lipinski definition) is 2. The Morgan fingerprint density at radius 2 is 0.714 bits per heavy atom. The molecule has 63 heavy (non-hydrogen) atoms. The van der Waals surface area contributed by atoms with Crippen LogP contribution in [0.1, 0.15) is 22.3 Å². The monoisotopic (exact) mass is 803 g/mol. The van der Waals surface area contributed by atoms with E-state index in [4.69, 9.17) is 4.74 Å². The molecule has 2 nitrogen and oxygen atoms in total.